The van der Waals surface area contributed by atoms with Crippen molar-refractivity contribution < 1.29 is 19.1 Å². The molecule has 0 spiro atoms. The first-order chi connectivity index (χ1) is 16.6. The molecule has 0 saturated heterocycles. The number of hydrogen-bond acceptors (Lipinski definition) is 4. The zero-order valence-electron chi connectivity index (χ0n) is 23.2. The van der Waals surface area contributed by atoms with Crippen LogP contribution in [0.3, 0.4) is 0 Å². The lowest BCUT2D eigenvalue weighted by Crippen LogP contribution is -2.14. The van der Waals surface area contributed by atoms with Crippen molar-refractivity contribution in [3.05, 3.63) is 0 Å². The molecule has 0 N–H and O–H groups in total. The van der Waals surface area contributed by atoms with E-state index in [1.165, 1.54) is 96.3 Å². The monoisotopic (exact) mass is 482 g/mol. The van der Waals surface area contributed by atoms with Gasteiger partial charge in [-0.3, -0.25) is 9.59 Å². The second-order valence-electron chi connectivity index (χ2n) is 10.1. The first-order valence-electron chi connectivity index (χ1n) is 14.9. The van der Waals surface area contributed by atoms with Gasteiger partial charge in [-0.05, 0) is 25.2 Å². The van der Waals surface area contributed by atoms with Crippen LogP contribution >= 0.6 is 0 Å². The van der Waals surface area contributed by atoms with Crippen molar-refractivity contribution in [1.29, 1.82) is 0 Å². The van der Waals surface area contributed by atoms with Crippen molar-refractivity contribution in [2.75, 3.05) is 13.2 Å². The summed E-state index contributed by atoms with van der Waals surface area (Å²) in [7, 11) is 0. The molecule has 0 aliphatic carbocycles. The Morgan fingerprint density at radius 3 is 1.44 bits per heavy atom. The van der Waals surface area contributed by atoms with Gasteiger partial charge in [-0.25, -0.2) is 0 Å². The van der Waals surface area contributed by atoms with E-state index >= 15 is 0 Å². The number of unbranched alkanes of at least 4 members (excludes halogenated alkanes) is 15. The summed E-state index contributed by atoms with van der Waals surface area (Å²) in [5.74, 6) is 0.0847. The number of hydrogen-bond donors (Lipinski definition) is 0. The smallest absolute Gasteiger partial charge is 0.305 e. The van der Waals surface area contributed by atoms with Crippen molar-refractivity contribution in [2.24, 2.45) is 5.92 Å². The van der Waals surface area contributed by atoms with Gasteiger partial charge in [-0.2, -0.15) is 0 Å². The van der Waals surface area contributed by atoms with Crippen LogP contribution in [0, 0.1) is 5.92 Å². The van der Waals surface area contributed by atoms with Crippen LogP contribution in [0.15, 0.2) is 0 Å². The summed E-state index contributed by atoms with van der Waals surface area (Å²) in [5.41, 5.74) is 0. The lowest BCUT2D eigenvalue weighted by atomic mass is 10.0. The van der Waals surface area contributed by atoms with Crippen molar-refractivity contribution in [3.63, 3.8) is 0 Å². The van der Waals surface area contributed by atoms with Crippen LogP contribution in [0.25, 0.3) is 0 Å². The van der Waals surface area contributed by atoms with Crippen LogP contribution in [0.1, 0.15) is 162 Å². The van der Waals surface area contributed by atoms with Gasteiger partial charge >= 0.3 is 11.9 Å². The maximum Gasteiger partial charge on any atom is 0.305 e. The molecule has 0 amide bonds. The molecule has 202 valence electrons. The SMILES string of the molecule is CCCCCCCCCCCCCCCCCOC(=O)CCCC(=O)OCC(CC)CCCC. The van der Waals surface area contributed by atoms with E-state index < -0.39 is 0 Å². The molecule has 4 nitrogen and oxygen atoms in total. The molecule has 0 rings (SSSR count). The minimum atomic E-state index is -0.190. The third-order valence-electron chi connectivity index (χ3n) is 6.80. The predicted octanol–water partition coefficient (Wildman–Crippen LogP) is 9.33. The van der Waals surface area contributed by atoms with Gasteiger partial charge in [0.25, 0.3) is 0 Å². The highest BCUT2D eigenvalue weighted by molar-refractivity contribution is 5.72. The molecule has 0 heterocycles. The van der Waals surface area contributed by atoms with E-state index in [1.807, 2.05) is 0 Å². The molecule has 34 heavy (non-hydrogen) atoms. The van der Waals surface area contributed by atoms with Crippen LogP contribution in [0.4, 0.5) is 0 Å². The van der Waals surface area contributed by atoms with Gasteiger partial charge in [0, 0.05) is 12.8 Å². The molecule has 0 aromatic heterocycles. The molecule has 0 saturated carbocycles. The van der Waals surface area contributed by atoms with Crippen molar-refractivity contribution in [2.45, 2.75) is 162 Å². The van der Waals surface area contributed by atoms with E-state index in [-0.39, 0.29) is 11.9 Å². The number of carbonyl (C=O) groups excluding carboxylic acids is 2. The molecule has 0 radical (unpaired) electrons. The van der Waals surface area contributed by atoms with Gasteiger partial charge in [0.2, 0.25) is 0 Å². The Kier molecular flexibility index (Phi) is 25.7. The van der Waals surface area contributed by atoms with Gasteiger partial charge < -0.3 is 9.47 Å². The molecular formula is C30H58O4. The van der Waals surface area contributed by atoms with Crippen molar-refractivity contribution in [3.8, 4) is 0 Å². The molecule has 4 heteroatoms. The standard InChI is InChI=1S/C30H58O4/c1-4-7-9-10-11-12-13-14-15-16-17-18-19-20-21-26-33-29(31)24-22-25-30(32)34-27-28(6-3)23-8-5-2/h28H,4-27H2,1-3H3. The highest BCUT2D eigenvalue weighted by Gasteiger charge is 2.11. The lowest BCUT2D eigenvalue weighted by molar-refractivity contribution is -0.146. The summed E-state index contributed by atoms with van der Waals surface area (Å²) in [5, 5.41) is 0. The maximum atomic E-state index is 11.9. The number of carbonyl (C=O) groups is 2. The largest absolute Gasteiger partial charge is 0.466 e. The highest BCUT2D eigenvalue weighted by Crippen LogP contribution is 2.15. The van der Waals surface area contributed by atoms with Gasteiger partial charge in [0.05, 0.1) is 13.2 Å². The molecule has 0 aliphatic rings. The summed E-state index contributed by atoms with van der Waals surface area (Å²) < 4.78 is 10.7. The Hall–Kier alpha value is -1.06. The number of ether oxygens (including phenoxy) is 2. The Morgan fingerprint density at radius 2 is 0.971 bits per heavy atom. The third kappa shape index (κ3) is 24.1. The van der Waals surface area contributed by atoms with E-state index in [9.17, 15) is 9.59 Å². The Balaban J connectivity index is 3.37. The minimum absolute atomic E-state index is 0.187. The van der Waals surface area contributed by atoms with Crippen LogP contribution < -0.4 is 0 Å². The quantitative estimate of drug-likeness (QED) is 0.0910. The number of esters is 2. The lowest BCUT2D eigenvalue weighted by Gasteiger charge is -2.14. The van der Waals surface area contributed by atoms with Gasteiger partial charge in [0.1, 0.15) is 0 Å². The predicted molar refractivity (Wildman–Crippen MR) is 144 cm³/mol. The highest BCUT2D eigenvalue weighted by atomic mass is 16.5. The van der Waals surface area contributed by atoms with Crippen LogP contribution in [0.5, 0.6) is 0 Å². The van der Waals surface area contributed by atoms with E-state index in [0.717, 1.165) is 25.7 Å². The third-order valence-corrected chi connectivity index (χ3v) is 6.80. The first kappa shape index (κ1) is 32.9. The second kappa shape index (κ2) is 26.5. The molecule has 0 fully saturated rings. The fourth-order valence-electron chi connectivity index (χ4n) is 4.29. The van der Waals surface area contributed by atoms with E-state index in [2.05, 4.69) is 20.8 Å². The zero-order chi connectivity index (χ0) is 25.1. The molecule has 0 aromatic carbocycles. The van der Waals surface area contributed by atoms with Crippen molar-refractivity contribution >= 4 is 11.9 Å². The maximum absolute atomic E-state index is 11.9. The molecule has 0 aromatic rings. The zero-order valence-corrected chi connectivity index (χ0v) is 23.2. The molecule has 0 aliphatic heterocycles. The molecule has 0 bridgehead atoms. The number of rotatable bonds is 26. The minimum Gasteiger partial charge on any atom is -0.466 e. The second-order valence-corrected chi connectivity index (χ2v) is 10.1. The topological polar surface area (TPSA) is 52.6 Å². The first-order valence-corrected chi connectivity index (χ1v) is 14.9. The normalized spacial score (nSPS) is 12.0. The van der Waals surface area contributed by atoms with Gasteiger partial charge in [-0.15, -0.1) is 0 Å². The fourth-order valence-corrected chi connectivity index (χ4v) is 4.29. The molecule has 1 unspecified atom stereocenters. The molecule has 1 atom stereocenters. The van der Waals surface area contributed by atoms with E-state index in [0.29, 0.717) is 38.4 Å². The Morgan fingerprint density at radius 1 is 0.529 bits per heavy atom. The van der Waals surface area contributed by atoms with Crippen LogP contribution in [0.2, 0.25) is 0 Å². The van der Waals surface area contributed by atoms with E-state index in [4.69, 9.17) is 9.47 Å². The summed E-state index contributed by atoms with van der Waals surface area (Å²) in [4.78, 5) is 23.7. The summed E-state index contributed by atoms with van der Waals surface area (Å²) >= 11 is 0. The summed E-state index contributed by atoms with van der Waals surface area (Å²) in [6, 6.07) is 0. The summed E-state index contributed by atoms with van der Waals surface area (Å²) in [6.07, 6.45) is 25.6. The molecular weight excluding hydrogens is 424 g/mol. The van der Waals surface area contributed by atoms with Crippen LogP contribution in [-0.4, -0.2) is 25.2 Å². The van der Waals surface area contributed by atoms with E-state index in [1.54, 1.807) is 0 Å². The average Bonchev–Trinajstić information content (AvgIpc) is 2.84. The average molecular weight is 483 g/mol. The van der Waals surface area contributed by atoms with Gasteiger partial charge in [0.15, 0.2) is 0 Å². The summed E-state index contributed by atoms with van der Waals surface area (Å²) in [6.45, 7) is 7.62. The van der Waals surface area contributed by atoms with Crippen LogP contribution in [-0.2, 0) is 19.1 Å². The van der Waals surface area contributed by atoms with Gasteiger partial charge in [-0.1, -0.05) is 130 Å². The van der Waals surface area contributed by atoms with Crippen molar-refractivity contribution in [1.82, 2.24) is 0 Å². The Labute approximate surface area is 212 Å². The fraction of sp³-hybridized carbons (Fsp3) is 0.933. The Bertz CT molecular complexity index is 449.